The van der Waals surface area contributed by atoms with Crippen molar-refractivity contribution in [1.82, 2.24) is 9.80 Å². The van der Waals surface area contributed by atoms with Crippen molar-refractivity contribution in [2.24, 2.45) is 5.92 Å². The molecule has 2 aliphatic heterocycles. The van der Waals surface area contributed by atoms with Gasteiger partial charge >= 0.3 is 0 Å². The fraction of sp³-hybridized carbons (Fsp3) is 0.571. The zero-order valence-electron chi connectivity index (χ0n) is 20.6. The molecule has 6 nitrogen and oxygen atoms in total. The molecule has 1 saturated carbocycles. The summed E-state index contributed by atoms with van der Waals surface area (Å²) in [6.07, 6.45) is 8.25. The van der Waals surface area contributed by atoms with Crippen LogP contribution < -0.4 is 4.90 Å². The average molecular weight is 496 g/mol. The van der Waals surface area contributed by atoms with Gasteiger partial charge in [0.2, 0.25) is 5.91 Å². The Hall–Kier alpha value is -2.38. The topological polar surface area (TPSA) is 53.1 Å². The molecule has 1 aromatic heterocycles. The fourth-order valence-electron chi connectivity index (χ4n) is 5.59. The van der Waals surface area contributed by atoms with Crippen molar-refractivity contribution >= 4 is 28.2 Å². The molecule has 0 unspecified atom stereocenters. The van der Waals surface area contributed by atoms with Crippen LogP contribution >= 0.6 is 11.3 Å². The van der Waals surface area contributed by atoms with Crippen molar-refractivity contribution in [2.75, 3.05) is 57.4 Å². The minimum atomic E-state index is 0.0843. The van der Waals surface area contributed by atoms with Gasteiger partial charge < -0.3 is 19.4 Å². The van der Waals surface area contributed by atoms with Crippen LogP contribution in [0.25, 0.3) is 11.1 Å². The molecule has 0 bridgehead atoms. The Morgan fingerprint density at radius 3 is 2.29 bits per heavy atom. The number of nitrogens with zero attached hydrogens (tertiary/aromatic N) is 3. The van der Waals surface area contributed by atoms with Gasteiger partial charge in [0.25, 0.3) is 5.91 Å². The highest BCUT2D eigenvalue weighted by molar-refractivity contribution is 7.18. The van der Waals surface area contributed by atoms with Gasteiger partial charge in [-0.25, -0.2) is 0 Å². The lowest BCUT2D eigenvalue weighted by Gasteiger charge is -2.35. The molecular weight excluding hydrogens is 458 g/mol. The van der Waals surface area contributed by atoms with E-state index in [1.807, 2.05) is 28.0 Å². The summed E-state index contributed by atoms with van der Waals surface area (Å²) in [4.78, 5) is 33.3. The van der Waals surface area contributed by atoms with E-state index in [4.69, 9.17) is 4.74 Å². The van der Waals surface area contributed by atoms with E-state index in [1.165, 1.54) is 32.1 Å². The Morgan fingerprint density at radius 1 is 0.886 bits per heavy atom. The second-order valence-corrected chi connectivity index (χ2v) is 11.0. The van der Waals surface area contributed by atoms with Crippen LogP contribution in [0.1, 0.15) is 54.6 Å². The van der Waals surface area contributed by atoms with Crippen molar-refractivity contribution in [1.29, 1.82) is 0 Å². The number of piperazine rings is 1. The molecule has 2 aromatic rings. The monoisotopic (exact) mass is 495 g/mol. The van der Waals surface area contributed by atoms with Gasteiger partial charge in [-0.05, 0) is 24.0 Å². The predicted molar refractivity (Wildman–Crippen MR) is 141 cm³/mol. The lowest BCUT2D eigenvalue weighted by Crippen LogP contribution is -2.50. The Bertz CT molecular complexity index is 988. The summed E-state index contributed by atoms with van der Waals surface area (Å²) in [6, 6.07) is 12.4. The molecule has 7 heteroatoms. The molecule has 1 aromatic carbocycles. The van der Waals surface area contributed by atoms with Gasteiger partial charge in [0.1, 0.15) is 0 Å². The summed E-state index contributed by atoms with van der Waals surface area (Å²) >= 11 is 1.59. The van der Waals surface area contributed by atoms with Crippen LogP contribution in [0.3, 0.4) is 0 Å². The van der Waals surface area contributed by atoms with E-state index < -0.39 is 0 Å². The number of hydrogen-bond acceptors (Lipinski definition) is 5. The van der Waals surface area contributed by atoms with Gasteiger partial charge in [0.15, 0.2) is 0 Å². The first kappa shape index (κ1) is 24.3. The molecule has 0 N–H and O–H groups in total. The number of carbonyl (C=O) groups excluding carboxylic acids is 2. The molecule has 0 radical (unpaired) electrons. The van der Waals surface area contributed by atoms with Gasteiger partial charge in [0, 0.05) is 51.3 Å². The van der Waals surface area contributed by atoms with Gasteiger partial charge in [0.05, 0.1) is 23.1 Å². The lowest BCUT2D eigenvalue weighted by molar-refractivity contribution is -0.133. The first-order chi connectivity index (χ1) is 17.2. The number of rotatable bonds is 6. The van der Waals surface area contributed by atoms with Crippen LogP contribution in [0.2, 0.25) is 0 Å². The van der Waals surface area contributed by atoms with Gasteiger partial charge in [-0.1, -0.05) is 62.4 Å². The number of benzene rings is 1. The summed E-state index contributed by atoms with van der Waals surface area (Å²) in [5, 5.41) is 1.15. The number of hydrogen-bond donors (Lipinski definition) is 0. The van der Waals surface area contributed by atoms with Crippen LogP contribution in [-0.2, 0) is 9.53 Å². The smallest absolute Gasteiger partial charge is 0.264 e. The van der Waals surface area contributed by atoms with E-state index in [0.717, 1.165) is 46.4 Å². The van der Waals surface area contributed by atoms with Crippen LogP contribution in [-0.4, -0.2) is 74.1 Å². The van der Waals surface area contributed by atoms with Crippen LogP contribution in [0, 0.1) is 5.92 Å². The maximum Gasteiger partial charge on any atom is 0.264 e. The van der Waals surface area contributed by atoms with Crippen LogP contribution in [0.15, 0.2) is 36.4 Å². The van der Waals surface area contributed by atoms with Crippen molar-refractivity contribution in [2.45, 2.75) is 44.9 Å². The first-order valence-electron chi connectivity index (χ1n) is 13.3. The molecule has 3 aliphatic rings. The molecular formula is C28H37N3O3S. The first-order valence-corrected chi connectivity index (χ1v) is 14.1. The lowest BCUT2D eigenvalue weighted by atomic mass is 9.86. The summed E-state index contributed by atoms with van der Waals surface area (Å²) in [5.74, 6) is 1.08. The van der Waals surface area contributed by atoms with E-state index in [2.05, 4.69) is 23.1 Å². The maximum absolute atomic E-state index is 13.5. The standard InChI is InChI=1S/C28H37N3O3S/c32-26(12-11-22-7-3-1-4-8-22)29-13-15-30(16-14-29)27(33)25-21-24(23-9-5-2-6-10-23)28(35-25)31-17-19-34-20-18-31/h2,5-6,9-10,21-22H,1,3-4,7-8,11-20H2. The average Bonchev–Trinajstić information content (AvgIpc) is 3.39. The minimum absolute atomic E-state index is 0.0843. The quantitative estimate of drug-likeness (QED) is 0.572. The SMILES string of the molecule is O=C(CCC1CCCCC1)N1CCN(C(=O)c2cc(-c3ccccc3)c(N3CCOCC3)s2)CC1. The largest absolute Gasteiger partial charge is 0.378 e. The summed E-state index contributed by atoms with van der Waals surface area (Å²) in [6.45, 7) is 5.62. The zero-order chi connectivity index (χ0) is 24.0. The molecule has 188 valence electrons. The summed E-state index contributed by atoms with van der Waals surface area (Å²) in [5.41, 5.74) is 2.26. The van der Waals surface area contributed by atoms with E-state index in [1.54, 1.807) is 11.3 Å². The molecule has 0 atom stereocenters. The minimum Gasteiger partial charge on any atom is -0.378 e. The van der Waals surface area contributed by atoms with E-state index in [9.17, 15) is 9.59 Å². The second-order valence-electron chi connectivity index (χ2n) is 10.0. The molecule has 2 saturated heterocycles. The Balaban J connectivity index is 1.22. The summed E-state index contributed by atoms with van der Waals surface area (Å²) in [7, 11) is 0. The van der Waals surface area contributed by atoms with Crippen molar-refractivity contribution < 1.29 is 14.3 Å². The highest BCUT2D eigenvalue weighted by Gasteiger charge is 2.28. The van der Waals surface area contributed by atoms with Gasteiger partial charge in [-0.2, -0.15) is 0 Å². The Morgan fingerprint density at radius 2 is 1.57 bits per heavy atom. The molecule has 3 heterocycles. The molecule has 5 rings (SSSR count). The van der Waals surface area contributed by atoms with Gasteiger partial charge in [-0.15, -0.1) is 11.3 Å². The van der Waals surface area contributed by atoms with Crippen molar-refractivity contribution in [3.63, 3.8) is 0 Å². The number of thiophene rings is 1. The number of amides is 2. The fourth-order valence-corrected chi connectivity index (χ4v) is 6.79. The zero-order valence-corrected chi connectivity index (χ0v) is 21.4. The molecule has 0 spiro atoms. The van der Waals surface area contributed by atoms with Crippen molar-refractivity contribution in [3.05, 3.63) is 41.3 Å². The highest BCUT2D eigenvalue weighted by atomic mass is 32.1. The Labute approximate surface area is 212 Å². The number of anilines is 1. The number of morpholine rings is 1. The molecule has 2 amide bonds. The van der Waals surface area contributed by atoms with Crippen molar-refractivity contribution in [3.8, 4) is 11.1 Å². The Kier molecular flexibility index (Phi) is 8.04. The normalized spacial score (nSPS) is 19.7. The van der Waals surface area contributed by atoms with Gasteiger partial charge in [-0.3, -0.25) is 9.59 Å². The van der Waals surface area contributed by atoms with E-state index >= 15 is 0 Å². The highest BCUT2D eigenvalue weighted by Crippen LogP contribution is 2.40. The third-order valence-electron chi connectivity index (χ3n) is 7.72. The maximum atomic E-state index is 13.5. The molecule has 1 aliphatic carbocycles. The summed E-state index contributed by atoms with van der Waals surface area (Å²) < 4.78 is 5.55. The van der Waals surface area contributed by atoms with Crippen LogP contribution in [0.5, 0.6) is 0 Å². The number of carbonyl (C=O) groups is 2. The second kappa shape index (κ2) is 11.6. The number of ether oxygens (including phenoxy) is 1. The molecule has 35 heavy (non-hydrogen) atoms. The van der Waals surface area contributed by atoms with Crippen LogP contribution in [0.4, 0.5) is 5.00 Å². The molecule has 3 fully saturated rings. The van der Waals surface area contributed by atoms with E-state index in [-0.39, 0.29) is 11.8 Å². The third kappa shape index (κ3) is 5.89. The van der Waals surface area contributed by atoms with E-state index in [0.29, 0.717) is 45.8 Å². The third-order valence-corrected chi connectivity index (χ3v) is 8.90. The predicted octanol–water partition coefficient (Wildman–Crippen LogP) is 4.90.